The number of carbonyl (C=O) groups excluding carboxylic acids is 1. The molecule has 146 valence electrons. The third-order valence-corrected chi connectivity index (χ3v) is 5.77. The summed E-state index contributed by atoms with van der Waals surface area (Å²) in [6, 6.07) is 4.92. The Bertz CT molecular complexity index is 1040. The van der Waals surface area contributed by atoms with Crippen molar-refractivity contribution in [3.05, 3.63) is 41.0 Å². The lowest BCUT2D eigenvalue weighted by Gasteiger charge is -2.20. The van der Waals surface area contributed by atoms with Crippen LogP contribution in [0.1, 0.15) is 41.5 Å². The van der Waals surface area contributed by atoms with Crippen LogP contribution in [0.25, 0.3) is 11.1 Å². The molecule has 0 radical (unpaired) electrons. The van der Waals surface area contributed by atoms with E-state index in [4.69, 9.17) is 4.42 Å². The number of oxazole rings is 1. The summed E-state index contributed by atoms with van der Waals surface area (Å²) in [7, 11) is 0. The van der Waals surface area contributed by atoms with Gasteiger partial charge in [-0.25, -0.2) is 4.39 Å². The second-order valence-electron chi connectivity index (χ2n) is 7.86. The van der Waals surface area contributed by atoms with Crippen LogP contribution in [0.15, 0.2) is 22.6 Å². The van der Waals surface area contributed by atoms with E-state index in [0.29, 0.717) is 30.3 Å². The lowest BCUT2D eigenvalue weighted by Crippen LogP contribution is -2.32. The minimum Gasteiger partial charge on any atom is -0.423 e. The number of aryl methyl sites for hydroxylation is 1. The Morgan fingerprint density at radius 3 is 3.14 bits per heavy atom. The van der Waals surface area contributed by atoms with Gasteiger partial charge in [-0.15, -0.1) is 0 Å². The number of rotatable bonds is 3. The van der Waals surface area contributed by atoms with Crippen molar-refractivity contribution in [1.82, 2.24) is 20.1 Å². The summed E-state index contributed by atoms with van der Waals surface area (Å²) in [6.45, 7) is 3.39. The average molecular weight is 383 g/mol. The highest BCUT2D eigenvalue weighted by atomic mass is 19.1. The third-order valence-electron chi connectivity index (χ3n) is 5.77. The quantitative estimate of drug-likeness (QED) is 0.726. The Morgan fingerprint density at radius 2 is 2.29 bits per heavy atom. The minimum absolute atomic E-state index is 0.00812. The van der Waals surface area contributed by atoms with Crippen LogP contribution in [0.4, 0.5) is 10.4 Å². The number of likely N-dealkylation sites (tertiary alicyclic amines) is 1. The predicted molar refractivity (Wildman–Crippen MR) is 102 cm³/mol. The fourth-order valence-electron chi connectivity index (χ4n) is 4.21. The van der Waals surface area contributed by atoms with Gasteiger partial charge in [0.1, 0.15) is 5.52 Å². The Morgan fingerprint density at radius 1 is 1.39 bits per heavy atom. The number of carbonyl (C=O) groups is 1. The van der Waals surface area contributed by atoms with Gasteiger partial charge in [0.25, 0.3) is 11.9 Å². The summed E-state index contributed by atoms with van der Waals surface area (Å²) in [5, 5.41) is 10.6. The van der Waals surface area contributed by atoms with Crippen molar-refractivity contribution >= 4 is 23.0 Å². The Labute approximate surface area is 161 Å². The number of aromatic amines is 1. The molecule has 3 heterocycles. The van der Waals surface area contributed by atoms with Crippen LogP contribution >= 0.6 is 0 Å². The SMILES string of the molecule is CC1CCc2[nH]nc(C(=O)N3CC[C@@H](Nc4nc5c(F)cccc5o4)C3)c2C1. The van der Waals surface area contributed by atoms with E-state index in [1.54, 1.807) is 12.1 Å². The molecule has 1 amide bonds. The molecule has 2 atom stereocenters. The average Bonchev–Trinajstić information content (AvgIpc) is 3.39. The van der Waals surface area contributed by atoms with Gasteiger partial charge in [0.2, 0.25) is 0 Å². The minimum atomic E-state index is -0.407. The van der Waals surface area contributed by atoms with Gasteiger partial charge in [-0.2, -0.15) is 10.1 Å². The van der Waals surface area contributed by atoms with Crippen LogP contribution in [0.2, 0.25) is 0 Å². The highest BCUT2D eigenvalue weighted by Gasteiger charge is 2.32. The van der Waals surface area contributed by atoms with E-state index in [-0.39, 0.29) is 23.5 Å². The fourth-order valence-corrected chi connectivity index (χ4v) is 4.21. The van der Waals surface area contributed by atoms with E-state index in [2.05, 4.69) is 27.4 Å². The first kappa shape index (κ1) is 17.2. The van der Waals surface area contributed by atoms with Crippen molar-refractivity contribution < 1.29 is 13.6 Å². The number of H-pyrrole nitrogens is 1. The Balaban J connectivity index is 1.28. The maximum absolute atomic E-state index is 13.8. The molecule has 1 unspecified atom stereocenters. The largest absolute Gasteiger partial charge is 0.423 e. The Hall–Kier alpha value is -2.90. The molecule has 0 spiro atoms. The van der Waals surface area contributed by atoms with Crippen LogP contribution in [0, 0.1) is 11.7 Å². The molecule has 1 saturated heterocycles. The number of hydrogen-bond acceptors (Lipinski definition) is 5. The number of anilines is 1. The third kappa shape index (κ3) is 2.93. The molecular formula is C20H22FN5O2. The molecule has 8 heteroatoms. The van der Waals surface area contributed by atoms with Crippen LogP contribution < -0.4 is 5.32 Å². The Kier molecular flexibility index (Phi) is 4.07. The molecule has 7 nitrogen and oxygen atoms in total. The smallest absolute Gasteiger partial charge is 0.296 e. The molecular weight excluding hydrogens is 361 g/mol. The number of para-hydroxylation sites is 1. The predicted octanol–water partition coefficient (Wildman–Crippen LogP) is 3.14. The second kappa shape index (κ2) is 6.61. The molecule has 1 fully saturated rings. The summed E-state index contributed by atoms with van der Waals surface area (Å²) < 4.78 is 19.4. The van der Waals surface area contributed by atoms with Crippen molar-refractivity contribution in [2.45, 2.75) is 38.6 Å². The normalized spacial score (nSPS) is 21.9. The summed E-state index contributed by atoms with van der Waals surface area (Å²) in [5.74, 6) is 0.138. The molecule has 3 aromatic rings. The van der Waals surface area contributed by atoms with Gasteiger partial charge in [-0.05, 0) is 43.7 Å². The van der Waals surface area contributed by atoms with E-state index in [1.165, 1.54) is 6.07 Å². The number of benzene rings is 1. The van der Waals surface area contributed by atoms with Gasteiger partial charge in [-0.3, -0.25) is 9.89 Å². The second-order valence-corrected chi connectivity index (χ2v) is 7.86. The van der Waals surface area contributed by atoms with E-state index in [0.717, 1.165) is 36.9 Å². The molecule has 2 N–H and O–H groups in total. The first-order valence-corrected chi connectivity index (χ1v) is 9.75. The van der Waals surface area contributed by atoms with Crippen molar-refractivity contribution in [2.75, 3.05) is 18.4 Å². The van der Waals surface area contributed by atoms with Crippen molar-refractivity contribution in [2.24, 2.45) is 5.92 Å². The number of amides is 1. The zero-order chi connectivity index (χ0) is 19.3. The molecule has 2 aromatic heterocycles. The molecule has 1 aliphatic carbocycles. The molecule has 0 saturated carbocycles. The van der Waals surface area contributed by atoms with Gasteiger partial charge in [0.15, 0.2) is 17.1 Å². The maximum atomic E-state index is 13.8. The van der Waals surface area contributed by atoms with Crippen molar-refractivity contribution in [3.63, 3.8) is 0 Å². The molecule has 28 heavy (non-hydrogen) atoms. The zero-order valence-corrected chi connectivity index (χ0v) is 15.7. The van der Waals surface area contributed by atoms with E-state index in [9.17, 15) is 9.18 Å². The van der Waals surface area contributed by atoms with Gasteiger partial charge >= 0.3 is 0 Å². The van der Waals surface area contributed by atoms with Gasteiger partial charge in [0.05, 0.1) is 0 Å². The number of nitrogens with one attached hydrogen (secondary N) is 2. The number of nitrogens with zero attached hydrogens (tertiary/aromatic N) is 3. The number of fused-ring (bicyclic) bond motifs is 2. The first-order valence-electron chi connectivity index (χ1n) is 9.75. The first-order chi connectivity index (χ1) is 13.6. The van der Waals surface area contributed by atoms with Crippen LogP contribution in [-0.2, 0) is 12.8 Å². The molecule has 2 aliphatic rings. The van der Waals surface area contributed by atoms with Crippen LogP contribution in [0.5, 0.6) is 0 Å². The molecule has 5 rings (SSSR count). The van der Waals surface area contributed by atoms with Gasteiger partial charge in [-0.1, -0.05) is 13.0 Å². The number of hydrogen-bond donors (Lipinski definition) is 2. The van der Waals surface area contributed by atoms with E-state index >= 15 is 0 Å². The van der Waals surface area contributed by atoms with Crippen LogP contribution in [0.3, 0.4) is 0 Å². The summed E-state index contributed by atoms with van der Waals surface area (Å²) in [5.41, 5.74) is 3.36. The molecule has 0 bridgehead atoms. The van der Waals surface area contributed by atoms with Crippen molar-refractivity contribution in [3.8, 4) is 0 Å². The van der Waals surface area contributed by atoms with E-state index in [1.807, 2.05) is 4.90 Å². The standard InChI is InChI=1S/C20H22FN5O2/c1-11-5-6-15-13(9-11)17(25-24-15)19(27)26-8-7-12(10-26)22-20-23-18-14(21)3-2-4-16(18)28-20/h2-4,11-12H,5-10H2,1H3,(H,22,23)(H,24,25)/t11?,12-/m1/s1. The lowest BCUT2D eigenvalue weighted by molar-refractivity contribution is 0.0784. The van der Waals surface area contributed by atoms with Gasteiger partial charge in [0, 0.05) is 30.4 Å². The monoisotopic (exact) mass is 383 g/mol. The fraction of sp³-hybridized carbons (Fsp3) is 0.450. The summed E-state index contributed by atoms with van der Waals surface area (Å²) >= 11 is 0. The zero-order valence-electron chi connectivity index (χ0n) is 15.7. The lowest BCUT2D eigenvalue weighted by atomic mass is 9.87. The van der Waals surface area contributed by atoms with Gasteiger partial charge < -0.3 is 14.6 Å². The van der Waals surface area contributed by atoms with E-state index < -0.39 is 5.82 Å². The summed E-state index contributed by atoms with van der Waals surface area (Å²) in [6.07, 6.45) is 3.76. The summed E-state index contributed by atoms with van der Waals surface area (Å²) in [4.78, 5) is 19.0. The number of aromatic nitrogens is 3. The highest BCUT2D eigenvalue weighted by Crippen LogP contribution is 2.28. The van der Waals surface area contributed by atoms with Crippen LogP contribution in [-0.4, -0.2) is 45.1 Å². The topological polar surface area (TPSA) is 87.0 Å². The maximum Gasteiger partial charge on any atom is 0.296 e. The van der Waals surface area contributed by atoms with Crippen molar-refractivity contribution in [1.29, 1.82) is 0 Å². The molecule has 1 aromatic carbocycles. The molecule has 1 aliphatic heterocycles. The highest BCUT2D eigenvalue weighted by molar-refractivity contribution is 5.94. The number of halogens is 1.